The average Bonchev–Trinajstić information content (AvgIpc) is 2.67. The Kier molecular flexibility index (Phi) is 3.32. The van der Waals surface area contributed by atoms with Crippen molar-refractivity contribution >= 4 is 5.91 Å². The molecule has 1 amide bonds. The minimum absolute atomic E-state index is 0.0336. The topological polar surface area (TPSA) is 75.4 Å². The molecule has 0 atom stereocenters. The summed E-state index contributed by atoms with van der Waals surface area (Å²) in [5, 5.41) is 16.1. The second-order valence-electron chi connectivity index (χ2n) is 4.00. The van der Waals surface area contributed by atoms with Gasteiger partial charge in [0.05, 0.1) is 11.3 Å². The normalized spacial score (nSPS) is 10.3. The van der Waals surface area contributed by atoms with Crippen molar-refractivity contribution in [2.24, 2.45) is 0 Å². The van der Waals surface area contributed by atoms with Gasteiger partial charge >= 0.3 is 0 Å². The molecule has 18 heavy (non-hydrogen) atoms. The van der Waals surface area contributed by atoms with E-state index in [1.165, 1.54) is 6.07 Å². The van der Waals surface area contributed by atoms with Crippen LogP contribution in [-0.4, -0.2) is 16.2 Å². The standard InChI is InChI=1S/C13H14N2O3/c1-8-11(9(2)18-15-8)7-14-13(17)10-5-3-4-6-12(10)16/h3-6,16H,7H2,1-2H3,(H,14,17). The number of amides is 1. The molecule has 0 unspecified atom stereocenters. The first-order valence-corrected chi connectivity index (χ1v) is 5.57. The van der Waals surface area contributed by atoms with Crippen LogP contribution in [-0.2, 0) is 6.54 Å². The van der Waals surface area contributed by atoms with Crippen LogP contribution in [0.2, 0.25) is 0 Å². The Labute approximate surface area is 104 Å². The van der Waals surface area contributed by atoms with E-state index in [0.29, 0.717) is 12.3 Å². The molecular weight excluding hydrogens is 232 g/mol. The van der Waals surface area contributed by atoms with Gasteiger partial charge < -0.3 is 14.9 Å². The third-order valence-electron chi connectivity index (χ3n) is 2.76. The van der Waals surface area contributed by atoms with Gasteiger partial charge in [-0.15, -0.1) is 0 Å². The monoisotopic (exact) mass is 246 g/mol. The number of aryl methyl sites for hydroxylation is 2. The van der Waals surface area contributed by atoms with E-state index >= 15 is 0 Å². The van der Waals surface area contributed by atoms with Gasteiger partial charge in [0.25, 0.3) is 5.91 Å². The molecule has 0 fully saturated rings. The van der Waals surface area contributed by atoms with Gasteiger partial charge in [-0.25, -0.2) is 0 Å². The van der Waals surface area contributed by atoms with Crippen LogP contribution in [0.1, 0.15) is 27.4 Å². The van der Waals surface area contributed by atoms with Crippen molar-refractivity contribution in [3.8, 4) is 5.75 Å². The van der Waals surface area contributed by atoms with Gasteiger partial charge in [-0.1, -0.05) is 17.3 Å². The highest BCUT2D eigenvalue weighted by atomic mass is 16.5. The van der Waals surface area contributed by atoms with Crippen molar-refractivity contribution in [3.63, 3.8) is 0 Å². The zero-order chi connectivity index (χ0) is 13.1. The SMILES string of the molecule is Cc1noc(C)c1CNC(=O)c1ccccc1O. The number of phenols is 1. The number of phenolic OH excluding ortho intramolecular Hbond substituents is 1. The number of rotatable bonds is 3. The molecule has 2 aromatic rings. The van der Waals surface area contributed by atoms with Crippen molar-refractivity contribution < 1.29 is 14.4 Å². The summed E-state index contributed by atoms with van der Waals surface area (Å²) in [4.78, 5) is 11.9. The van der Waals surface area contributed by atoms with Gasteiger partial charge in [-0.3, -0.25) is 4.79 Å². The van der Waals surface area contributed by atoms with Crippen molar-refractivity contribution in [2.75, 3.05) is 0 Å². The van der Waals surface area contributed by atoms with Gasteiger partial charge in [-0.05, 0) is 26.0 Å². The Morgan fingerprint density at radius 3 is 2.72 bits per heavy atom. The smallest absolute Gasteiger partial charge is 0.255 e. The van der Waals surface area contributed by atoms with Crippen molar-refractivity contribution in [1.29, 1.82) is 0 Å². The zero-order valence-electron chi connectivity index (χ0n) is 10.2. The molecule has 0 spiro atoms. The highest BCUT2D eigenvalue weighted by Gasteiger charge is 2.13. The van der Waals surface area contributed by atoms with Crippen LogP contribution in [0.25, 0.3) is 0 Å². The summed E-state index contributed by atoms with van der Waals surface area (Å²) in [6.45, 7) is 3.94. The summed E-state index contributed by atoms with van der Waals surface area (Å²) >= 11 is 0. The molecule has 5 nitrogen and oxygen atoms in total. The van der Waals surface area contributed by atoms with E-state index in [2.05, 4.69) is 10.5 Å². The lowest BCUT2D eigenvalue weighted by molar-refractivity contribution is 0.0948. The summed E-state index contributed by atoms with van der Waals surface area (Å²) in [6.07, 6.45) is 0. The summed E-state index contributed by atoms with van der Waals surface area (Å²) in [7, 11) is 0. The van der Waals surface area contributed by atoms with E-state index in [4.69, 9.17) is 4.52 Å². The quantitative estimate of drug-likeness (QED) is 0.867. The summed E-state index contributed by atoms with van der Waals surface area (Å²) in [5.74, 6) is 0.326. The van der Waals surface area contributed by atoms with E-state index in [-0.39, 0.29) is 17.2 Å². The molecule has 94 valence electrons. The molecule has 0 saturated heterocycles. The average molecular weight is 246 g/mol. The molecule has 0 aliphatic carbocycles. The van der Waals surface area contributed by atoms with Crippen LogP contribution >= 0.6 is 0 Å². The molecule has 5 heteroatoms. The van der Waals surface area contributed by atoms with Gasteiger partial charge in [0, 0.05) is 12.1 Å². The Morgan fingerprint density at radius 1 is 1.39 bits per heavy atom. The summed E-state index contributed by atoms with van der Waals surface area (Å²) in [5.41, 5.74) is 1.87. The third kappa shape index (κ3) is 2.34. The Hall–Kier alpha value is -2.30. The number of nitrogens with zero attached hydrogens (tertiary/aromatic N) is 1. The highest BCUT2D eigenvalue weighted by Crippen LogP contribution is 2.16. The largest absolute Gasteiger partial charge is 0.507 e. The van der Waals surface area contributed by atoms with Crippen molar-refractivity contribution in [3.05, 3.63) is 46.8 Å². The molecule has 0 aliphatic rings. The molecule has 0 aliphatic heterocycles. The fourth-order valence-electron chi connectivity index (χ4n) is 1.68. The molecule has 0 saturated carbocycles. The predicted octanol–water partition coefficient (Wildman–Crippen LogP) is 1.93. The second-order valence-corrected chi connectivity index (χ2v) is 4.00. The number of carbonyl (C=O) groups is 1. The first-order valence-electron chi connectivity index (χ1n) is 5.57. The Bertz CT molecular complexity index is 556. The lowest BCUT2D eigenvalue weighted by Crippen LogP contribution is -2.23. The van der Waals surface area contributed by atoms with Gasteiger partial charge in [0.1, 0.15) is 11.5 Å². The molecule has 2 N–H and O–H groups in total. The Morgan fingerprint density at radius 2 is 2.11 bits per heavy atom. The first kappa shape index (κ1) is 12.2. The van der Waals surface area contributed by atoms with Crippen LogP contribution in [0.15, 0.2) is 28.8 Å². The predicted molar refractivity (Wildman–Crippen MR) is 65.3 cm³/mol. The fourth-order valence-corrected chi connectivity index (χ4v) is 1.68. The highest BCUT2D eigenvalue weighted by molar-refractivity contribution is 5.96. The van der Waals surface area contributed by atoms with E-state index < -0.39 is 0 Å². The molecule has 1 aromatic heterocycles. The van der Waals surface area contributed by atoms with Crippen molar-refractivity contribution in [2.45, 2.75) is 20.4 Å². The molecule has 2 rings (SSSR count). The molecule has 1 heterocycles. The van der Waals surface area contributed by atoms with Crippen LogP contribution in [0, 0.1) is 13.8 Å². The van der Waals surface area contributed by atoms with Crippen molar-refractivity contribution in [1.82, 2.24) is 10.5 Å². The zero-order valence-corrected chi connectivity index (χ0v) is 10.2. The van der Waals surface area contributed by atoms with Crippen LogP contribution < -0.4 is 5.32 Å². The number of nitrogens with one attached hydrogen (secondary N) is 1. The first-order chi connectivity index (χ1) is 8.59. The number of para-hydroxylation sites is 1. The number of aromatic hydroxyl groups is 1. The fraction of sp³-hybridized carbons (Fsp3) is 0.231. The number of aromatic nitrogens is 1. The summed E-state index contributed by atoms with van der Waals surface area (Å²) in [6, 6.07) is 6.41. The maximum Gasteiger partial charge on any atom is 0.255 e. The molecular formula is C13H14N2O3. The number of benzene rings is 1. The lowest BCUT2D eigenvalue weighted by atomic mass is 10.1. The van der Waals surface area contributed by atoms with Crippen LogP contribution in [0.3, 0.4) is 0 Å². The van der Waals surface area contributed by atoms with Gasteiger partial charge in [-0.2, -0.15) is 0 Å². The molecule has 0 bridgehead atoms. The van der Waals surface area contributed by atoms with Crippen LogP contribution in [0.4, 0.5) is 0 Å². The molecule has 0 radical (unpaired) electrons. The lowest BCUT2D eigenvalue weighted by Gasteiger charge is -2.06. The number of hydrogen-bond acceptors (Lipinski definition) is 4. The van der Waals surface area contributed by atoms with E-state index in [1.807, 2.05) is 6.92 Å². The second kappa shape index (κ2) is 4.91. The van der Waals surface area contributed by atoms with Gasteiger partial charge in [0.15, 0.2) is 0 Å². The van der Waals surface area contributed by atoms with E-state index in [9.17, 15) is 9.90 Å². The minimum Gasteiger partial charge on any atom is -0.507 e. The minimum atomic E-state index is -0.326. The summed E-state index contributed by atoms with van der Waals surface area (Å²) < 4.78 is 5.01. The third-order valence-corrected chi connectivity index (χ3v) is 2.76. The van der Waals surface area contributed by atoms with Crippen LogP contribution in [0.5, 0.6) is 5.75 Å². The maximum absolute atomic E-state index is 11.9. The number of carbonyl (C=O) groups excluding carboxylic acids is 1. The Balaban J connectivity index is 2.08. The molecule has 1 aromatic carbocycles. The number of hydrogen-bond donors (Lipinski definition) is 2. The van der Waals surface area contributed by atoms with Gasteiger partial charge in [0.2, 0.25) is 0 Å². The van der Waals surface area contributed by atoms with E-state index in [0.717, 1.165) is 11.3 Å². The van der Waals surface area contributed by atoms with E-state index in [1.54, 1.807) is 25.1 Å². The maximum atomic E-state index is 11.9.